The van der Waals surface area contributed by atoms with Crippen LogP contribution in [-0.2, 0) is 30.5 Å². The fourth-order valence-corrected chi connectivity index (χ4v) is 4.26. The van der Waals surface area contributed by atoms with Crippen molar-refractivity contribution in [2.24, 2.45) is 4.99 Å². The molecular formula is C16H19F3IN5OS2. The lowest BCUT2D eigenvalue weighted by molar-refractivity contribution is -0.140. The van der Waals surface area contributed by atoms with Crippen LogP contribution < -0.4 is 10.6 Å². The predicted molar refractivity (Wildman–Crippen MR) is 114 cm³/mol. The quantitative estimate of drug-likeness (QED) is 0.352. The van der Waals surface area contributed by atoms with Gasteiger partial charge in [0.25, 0.3) is 0 Å². The molecule has 0 radical (unpaired) electrons. The van der Waals surface area contributed by atoms with Gasteiger partial charge in [0, 0.05) is 30.4 Å². The van der Waals surface area contributed by atoms with E-state index in [1.54, 1.807) is 16.2 Å². The number of guanidine groups is 1. The second-order valence-electron chi connectivity index (χ2n) is 5.84. The molecule has 0 spiro atoms. The summed E-state index contributed by atoms with van der Waals surface area (Å²) in [5, 5.41) is 9.07. The molecule has 0 atom stereocenters. The number of hydrogen-bond donors (Lipinski definition) is 2. The zero-order chi connectivity index (χ0) is 19.4. The summed E-state index contributed by atoms with van der Waals surface area (Å²) in [6.07, 6.45) is -3.59. The third-order valence-corrected chi connectivity index (χ3v) is 5.91. The molecule has 0 saturated carbocycles. The first-order valence-electron chi connectivity index (χ1n) is 8.16. The van der Waals surface area contributed by atoms with Gasteiger partial charge in [-0.3, -0.25) is 9.79 Å². The lowest BCUT2D eigenvalue weighted by Crippen LogP contribution is -2.45. The SMILES string of the molecule is CN=C(NCC(=O)N1CCc2sccc2C1)NCc1nc(C(F)(F)F)cs1.I. The lowest BCUT2D eigenvalue weighted by atomic mass is 10.1. The molecule has 2 N–H and O–H groups in total. The van der Waals surface area contributed by atoms with Gasteiger partial charge < -0.3 is 15.5 Å². The Morgan fingerprint density at radius 3 is 2.82 bits per heavy atom. The minimum Gasteiger partial charge on any atom is -0.350 e. The topological polar surface area (TPSA) is 69.6 Å². The van der Waals surface area contributed by atoms with Gasteiger partial charge in [0.2, 0.25) is 5.91 Å². The molecule has 0 unspecified atom stereocenters. The minimum atomic E-state index is -4.45. The Labute approximate surface area is 185 Å². The molecule has 0 saturated heterocycles. The molecule has 154 valence electrons. The van der Waals surface area contributed by atoms with E-state index in [2.05, 4.69) is 20.6 Å². The fraction of sp³-hybridized carbons (Fsp3) is 0.438. The predicted octanol–water partition coefficient (Wildman–Crippen LogP) is 3.09. The van der Waals surface area contributed by atoms with Gasteiger partial charge in [-0.15, -0.1) is 46.7 Å². The smallest absolute Gasteiger partial charge is 0.350 e. The van der Waals surface area contributed by atoms with Crippen LogP contribution in [0.5, 0.6) is 0 Å². The zero-order valence-electron chi connectivity index (χ0n) is 14.9. The van der Waals surface area contributed by atoms with E-state index in [-0.39, 0.29) is 48.0 Å². The number of fused-ring (bicyclic) bond motifs is 1. The van der Waals surface area contributed by atoms with E-state index < -0.39 is 11.9 Å². The average molecular weight is 545 g/mol. The van der Waals surface area contributed by atoms with Crippen LogP contribution in [0.15, 0.2) is 21.8 Å². The average Bonchev–Trinajstić information content (AvgIpc) is 3.29. The summed E-state index contributed by atoms with van der Waals surface area (Å²) in [6.45, 7) is 1.44. The van der Waals surface area contributed by atoms with Crippen LogP contribution in [0, 0.1) is 0 Å². The molecule has 0 bridgehead atoms. The summed E-state index contributed by atoms with van der Waals surface area (Å²) in [6, 6.07) is 2.04. The van der Waals surface area contributed by atoms with Crippen molar-refractivity contribution in [3.8, 4) is 0 Å². The normalized spacial score (nSPS) is 14.3. The number of hydrogen-bond acceptors (Lipinski definition) is 5. The van der Waals surface area contributed by atoms with Crippen molar-refractivity contribution in [1.82, 2.24) is 20.5 Å². The lowest BCUT2D eigenvalue weighted by Gasteiger charge is -2.27. The number of alkyl halides is 3. The number of carbonyl (C=O) groups is 1. The third kappa shape index (κ3) is 5.80. The van der Waals surface area contributed by atoms with Crippen LogP contribution in [0.2, 0.25) is 0 Å². The first-order chi connectivity index (χ1) is 12.9. The van der Waals surface area contributed by atoms with Crippen molar-refractivity contribution >= 4 is 58.5 Å². The maximum Gasteiger partial charge on any atom is 0.434 e. The number of aromatic nitrogens is 1. The molecule has 6 nitrogen and oxygen atoms in total. The van der Waals surface area contributed by atoms with Gasteiger partial charge in [0.1, 0.15) is 5.01 Å². The van der Waals surface area contributed by atoms with Gasteiger partial charge in [-0.25, -0.2) is 4.98 Å². The molecule has 1 amide bonds. The molecular weight excluding hydrogens is 526 g/mol. The highest BCUT2D eigenvalue weighted by Gasteiger charge is 2.33. The molecule has 1 aliphatic heterocycles. The number of nitrogens with zero attached hydrogens (tertiary/aromatic N) is 3. The summed E-state index contributed by atoms with van der Waals surface area (Å²) >= 11 is 2.63. The highest BCUT2D eigenvalue weighted by molar-refractivity contribution is 14.0. The van der Waals surface area contributed by atoms with Crippen LogP contribution in [-0.4, -0.2) is 41.9 Å². The van der Waals surface area contributed by atoms with E-state index in [1.165, 1.54) is 17.5 Å². The Morgan fingerprint density at radius 1 is 1.36 bits per heavy atom. The molecule has 1 aliphatic rings. The van der Waals surface area contributed by atoms with Crippen molar-refractivity contribution in [2.75, 3.05) is 20.1 Å². The molecule has 2 aromatic rings. The molecule has 28 heavy (non-hydrogen) atoms. The van der Waals surface area contributed by atoms with E-state index in [0.29, 0.717) is 19.0 Å². The van der Waals surface area contributed by atoms with Crippen molar-refractivity contribution in [2.45, 2.75) is 25.7 Å². The molecule has 3 rings (SSSR count). The van der Waals surface area contributed by atoms with Crippen LogP contribution in [0.25, 0.3) is 0 Å². The van der Waals surface area contributed by atoms with E-state index in [1.807, 2.05) is 11.4 Å². The Morgan fingerprint density at radius 2 is 2.14 bits per heavy atom. The minimum absolute atomic E-state index is 0. The van der Waals surface area contributed by atoms with E-state index >= 15 is 0 Å². The van der Waals surface area contributed by atoms with Crippen LogP contribution in [0.3, 0.4) is 0 Å². The molecule has 2 aromatic heterocycles. The van der Waals surface area contributed by atoms with Gasteiger partial charge in [-0.2, -0.15) is 13.2 Å². The van der Waals surface area contributed by atoms with E-state index in [4.69, 9.17) is 0 Å². The van der Waals surface area contributed by atoms with Gasteiger partial charge >= 0.3 is 6.18 Å². The van der Waals surface area contributed by atoms with Crippen molar-refractivity contribution in [1.29, 1.82) is 0 Å². The Kier molecular flexibility index (Phi) is 8.07. The first kappa shape index (κ1) is 22.9. The van der Waals surface area contributed by atoms with Gasteiger partial charge in [-0.1, -0.05) is 0 Å². The number of thiazole rings is 1. The summed E-state index contributed by atoms with van der Waals surface area (Å²) < 4.78 is 37.7. The Bertz CT molecular complexity index is 836. The van der Waals surface area contributed by atoms with E-state index in [0.717, 1.165) is 23.1 Å². The largest absolute Gasteiger partial charge is 0.434 e. The molecule has 12 heteroatoms. The number of thiophene rings is 1. The second kappa shape index (κ2) is 9.87. The highest BCUT2D eigenvalue weighted by Crippen LogP contribution is 2.29. The van der Waals surface area contributed by atoms with Crippen molar-refractivity contribution in [3.05, 3.63) is 38.0 Å². The number of amides is 1. The maximum absolute atomic E-state index is 12.6. The standard InChI is InChI=1S/C16H18F3N5OS2.HI/c1-20-15(21-6-13-23-12(9-27-13)16(17,18)19)22-7-14(25)24-4-2-11-10(8-24)3-5-26-11;/h3,5,9H,2,4,6-8H2,1H3,(H2,20,21,22);1H. The molecule has 0 aliphatic carbocycles. The van der Waals surface area contributed by atoms with Crippen LogP contribution in [0.4, 0.5) is 13.2 Å². The third-order valence-electron chi connectivity index (χ3n) is 4.04. The van der Waals surface area contributed by atoms with E-state index in [9.17, 15) is 18.0 Å². The van der Waals surface area contributed by atoms with Gasteiger partial charge in [0.15, 0.2) is 11.7 Å². The summed E-state index contributed by atoms with van der Waals surface area (Å²) in [5.41, 5.74) is 0.284. The highest BCUT2D eigenvalue weighted by atomic mass is 127. The molecule has 3 heterocycles. The van der Waals surface area contributed by atoms with Gasteiger partial charge in [0.05, 0.1) is 13.1 Å². The number of nitrogens with one attached hydrogen (secondary N) is 2. The van der Waals surface area contributed by atoms with Crippen molar-refractivity contribution < 1.29 is 18.0 Å². The summed E-state index contributed by atoms with van der Waals surface area (Å²) in [5.74, 6) is 0.281. The van der Waals surface area contributed by atoms with Crippen LogP contribution in [0.1, 0.15) is 21.1 Å². The Hall–Kier alpha value is -1.41. The monoisotopic (exact) mass is 545 g/mol. The number of rotatable bonds is 4. The maximum atomic E-state index is 12.6. The fourth-order valence-electron chi connectivity index (χ4n) is 2.63. The number of aliphatic imine (C=N–C) groups is 1. The second-order valence-corrected chi connectivity index (χ2v) is 7.78. The summed E-state index contributed by atoms with van der Waals surface area (Å²) in [7, 11) is 1.53. The molecule has 0 fully saturated rings. The summed E-state index contributed by atoms with van der Waals surface area (Å²) in [4.78, 5) is 23.0. The van der Waals surface area contributed by atoms with Crippen LogP contribution >= 0.6 is 46.7 Å². The number of carbonyl (C=O) groups excluding carboxylic acids is 1. The van der Waals surface area contributed by atoms with Gasteiger partial charge in [-0.05, 0) is 23.4 Å². The Balaban J connectivity index is 0.00000280. The first-order valence-corrected chi connectivity index (χ1v) is 9.92. The van der Waals surface area contributed by atoms with Crippen molar-refractivity contribution in [3.63, 3.8) is 0 Å². The molecule has 0 aromatic carbocycles. The zero-order valence-corrected chi connectivity index (χ0v) is 18.8. The number of halogens is 4.